The quantitative estimate of drug-likeness (QED) is 0.131. The summed E-state index contributed by atoms with van der Waals surface area (Å²) >= 11 is -6.24. The van der Waals surface area contributed by atoms with Crippen molar-refractivity contribution in [2.24, 2.45) is 11.8 Å². The first-order chi connectivity index (χ1) is 27.3. The Morgan fingerprint density at radius 1 is 0.586 bits per heavy atom. The SMILES string of the molecule is CCC(=O)N[B](NC(=O)CC)[Hf]([Cl])([Cl])([CH]1C(CC(C)C)=Cc2c(-c3ccc(C)c(C)c3C)cccc21)[CH]1C(CC(C)C)=Cc2c(-c3ccc(C)c(C)c3C)cccc21. The minimum atomic E-state index is -6.24. The summed E-state index contributed by atoms with van der Waals surface area (Å²) in [7, 11) is 18.0. The molecule has 2 unspecified atom stereocenters. The molecule has 2 N–H and O–H groups in total. The van der Waals surface area contributed by atoms with Gasteiger partial charge < -0.3 is 0 Å². The molecule has 0 heterocycles. The van der Waals surface area contributed by atoms with Crippen molar-refractivity contribution >= 4 is 45.7 Å². The van der Waals surface area contributed by atoms with E-state index in [1.807, 2.05) is 13.8 Å². The van der Waals surface area contributed by atoms with Crippen LogP contribution in [-0.2, 0) is 25.5 Å². The maximum atomic E-state index is 13.8. The predicted molar refractivity (Wildman–Crippen MR) is 247 cm³/mol. The van der Waals surface area contributed by atoms with Crippen LogP contribution in [0.4, 0.5) is 0 Å². The Morgan fingerprint density at radius 2 is 0.966 bits per heavy atom. The Balaban J connectivity index is 1.74. The van der Waals surface area contributed by atoms with E-state index in [0.29, 0.717) is 11.8 Å². The van der Waals surface area contributed by atoms with Crippen molar-refractivity contribution in [3.8, 4) is 22.3 Å². The molecule has 4 aromatic carbocycles. The molecule has 0 bridgehead atoms. The fourth-order valence-electron chi connectivity index (χ4n) is 9.83. The normalized spacial score (nSPS) is 16.7. The number of carbonyl (C=O) groups excluding carboxylic acids is 2. The summed E-state index contributed by atoms with van der Waals surface area (Å²) < 4.78 is -1.75. The first kappa shape index (κ1) is 44.4. The second kappa shape index (κ2) is 17.1. The van der Waals surface area contributed by atoms with Gasteiger partial charge in [0.2, 0.25) is 0 Å². The molecule has 0 aromatic heterocycles. The molecule has 4 nitrogen and oxygen atoms in total. The van der Waals surface area contributed by atoms with Crippen LogP contribution in [0.2, 0.25) is 0 Å². The van der Waals surface area contributed by atoms with Gasteiger partial charge in [-0.3, -0.25) is 0 Å². The summed E-state index contributed by atoms with van der Waals surface area (Å²) in [6, 6.07) is 22.0. The molecule has 2 aliphatic carbocycles. The van der Waals surface area contributed by atoms with Gasteiger partial charge in [-0.15, -0.1) is 0 Å². The average Bonchev–Trinajstić information content (AvgIpc) is 3.74. The summed E-state index contributed by atoms with van der Waals surface area (Å²) in [6.07, 6.45) is 6.74. The molecular weight excluding hydrogens is 921 g/mol. The number of aryl methyl sites for hydroxylation is 2. The van der Waals surface area contributed by atoms with Gasteiger partial charge in [0.1, 0.15) is 0 Å². The molecule has 0 aliphatic heterocycles. The number of amides is 2. The van der Waals surface area contributed by atoms with Gasteiger partial charge in [-0.05, 0) is 0 Å². The molecule has 6 rings (SSSR count). The van der Waals surface area contributed by atoms with Gasteiger partial charge in [0.15, 0.2) is 0 Å². The number of halogens is 2. The first-order valence-electron chi connectivity index (χ1n) is 21.3. The number of allylic oxidation sites excluding steroid dienone is 2. The van der Waals surface area contributed by atoms with Gasteiger partial charge >= 0.3 is 359 Å². The number of nitrogens with one attached hydrogen (secondary N) is 2. The summed E-state index contributed by atoms with van der Waals surface area (Å²) in [6.45, 7) is 25.8. The van der Waals surface area contributed by atoms with Crippen molar-refractivity contribution in [3.63, 3.8) is 0 Å². The van der Waals surface area contributed by atoms with E-state index in [2.05, 4.69) is 153 Å². The van der Waals surface area contributed by atoms with Crippen molar-refractivity contribution in [1.82, 2.24) is 10.5 Å². The topological polar surface area (TPSA) is 58.2 Å². The third-order valence-electron chi connectivity index (χ3n) is 13.2. The van der Waals surface area contributed by atoms with E-state index in [1.165, 1.54) is 55.7 Å². The van der Waals surface area contributed by atoms with Crippen LogP contribution in [0.15, 0.2) is 71.8 Å². The number of hydrogen-bond acceptors (Lipinski definition) is 2. The summed E-state index contributed by atoms with van der Waals surface area (Å²) in [5.41, 5.74) is 19.1. The van der Waals surface area contributed by atoms with Crippen molar-refractivity contribution in [3.05, 3.63) is 127 Å². The second-order valence-electron chi connectivity index (χ2n) is 18.0. The van der Waals surface area contributed by atoms with Gasteiger partial charge in [-0.1, -0.05) is 0 Å². The van der Waals surface area contributed by atoms with Gasteiger partial charge in [-0.25, -0.2) is 0 Å². The Labute approximate surface area is 356 Å². The molecule has 2 amide bonds. The summed E-state index contributed by atoms with van der Waals surface area (Å²) in [4.78, 5) is 27.6. The van der Waals surface area contributed by atoms with Crippen LogP contribution < -0.4 is 10.5 Å². The van der Waals surface area contributed by atoms with E-state index in [0.717, 1.165) is 46.2 Å². The van der Waals surface area contributed by atoms with Crippen LogP contribution in [0.5, 0.6) is 0 Å². The number of fused-ring (bicyclic) bond motifs is 2. The molecule has 2 atom stereocenters. The fourth-order valence-corrected chi connectivity index (χ4v) is 39.4. The average molecular weight is 983 g/mol. The Kier molecular flexibility index (Phi) is 13.0. The van der Waals surface area contributed by atoms with E-state index in [-0.39, 0.29) is 24.7 Å². The van der Waals surface area contributed by atoms with Crippen LogP contribution in [0, 0.1) is 53.4 Å². The fraction of sp³-hybridized carbons (Fsp3) is 0.400. The van der Waals surface area contributed by atoms with Crippen LogP contribution in [0.25, 0.3) is 34.4 Å². The molecular formula is C50H62BCl2HfN2O2. The monoisotopic (exact) mass is 983 g/mol. The van der Waals surface area contributed by atoms with Gasteiger partial charge in [0, 0.05) is 0 Å². The number of carbonyl (C=O) groups is 2. The Bertz CT molecular complexity index is 2200. The van der Waals surface area contributed by atoms with Gasteiger partial charge in [0.05, 0.1) is 0 Å². The third-order valence-corrected chi connectivity index (χ3v) is 41.7. The predicted octanol–water partition coefficient (Wildman–Crippen LogP) is 13.6. The summed E-state index contributed by atoms with van der Waals surface area (Å²) in [5, 5.41) is 6.65. The Hall–Kier alpha value is -3.18. The summed E-state index contributed by atoms with van der Waals surface area (Å²) in [5.74, 6) is 0.229. The van der Waals surface area contributed by atoms with Crippen LogP contribution in [0.1, 0.15) is 130 Å². The number of rotatable bonds is 13. The van der Waals surface area contributed by atoms with E-state index >= 15 is 0 Å². The molecule has 58 heavy (non-hydrogen) atoms. The Morgan fingerprint density at radius 3 is 1.31 bits per heavy atom. The molecule has 0 spiro atoms. The zero-order valence-electron chi connectivity index (χ0n) is 36.7. The molecule has 0 saturated carbocycles. The molecule has 0 saturated heterocycles. The molecule has 2 aliphatic rings. The van der Waals surface area contributed by atoms with Crippen molar-refractivity contribution in [2.75, 3.05) is 0 Å². The van der Waals surface area contributed by atoms with Crippen molar-refractivity contribution in [1.29, 1.82) is 0 Å². The van der Waals surface area contributed by atoms with Crippen LogP contribution >= 0.6 is 17.2 Å². The molecule has 0 radical (unpaired) electrons. The molecule has 4 aromatic rings. The van der Waals surface area contributed by atoms with Crippen LogP contribution in [-0.4, -0.2) is 16.4 Å². The first-order valence-corrected chi connectivity index (χ1v) is 36.4. The van der Waals surface area contributed by atoms with Gasteiger partial charge in [-0.2, -0.15) is 0 Å². The van der Waals surface area contributed by atoms with Crippen molar-refractivity contribution < 1.29 is 25.5 Å². The van der Waals surface area contributed by atoms with E-state index in [1.54, 1.807) is 0 Å². The van der Waals surface area contributed by atoms with E-state index in [9.17, 15) is 9.59 Å². The number of benzene rings is 4. The minimum absolute atomic E-state index is 0.190. The molecule has 8 heteroatoms. The van der Waals surface area contributed by atoms with Crippen molar-refractivity contribution in [2.45, 2.75) is 116 Å². The number of hydrogen-bond donors (Lipinski definition) is 2. The second-order valence-corrected chi connectivity index (χ2v) is 48.4. The van der Waals surface area contributed by atoms with E-state index < -0.39 is 27.8 Å². The van der Waals surface area contributed by atoms with Gasteiger partial charge in [0.25, 0.3) is 0 Å². The zero-order valence-corrected chi connectivity index (χ0v) is 41.8. The maximum absolute atomic E-state index is 13.8. The standard InChI is InChI=1S/2C22H25.C6H11BN2O2.2ClH.Hf/c2*1-14(2)11-18-12-19-7-6-8-21(22(19)13-18)20-10-9-15(3)16(4)17(20)5;1-3-5(10)8-7-9-6(11)4-2;;;/h2*6-10,12-14H,11H2,1-5H3;3-4H2,1-2H3,(H-,8,9,10,11);2*1H;/q;;;;;+1/p-1. The van der Waals surface area contributed by atoms with E-state index in [4.69, 9.17) is 17.2 Å². The molecule has 0 fully saturated rings. The molecule has 305 valence electrons. The van der Waals surface area contributed by atoms with Crippen LogP contribution in [0.3, 0.4) is 0 Å². The zero-order chi connectivity index (χ0) is 42.5. The third kappa shape index (κ3) is 7.80.